The normalized spacial score (nSPS) is 34.2. The Hall–Kier alpha value is -1.32. The lowest BCUT2D eigenvalue weighted by atomic mass is 9.85. The molecule has 0 aromatic heterocycles. The van der Waals surface area contributed by atoms with Crippen LogP contribution < -0.4 is 4.90 Å². The molecule has 5 heteroatoms. The van der Waals surface area contributed by atoms with Crippen molar-refractivity contribution in [2.45, 2.75) is 6.42 Å². The third kappa shape index (κ3) is 1.48. The molecule has 4 rings (SSSR count). The van der Waals surface area contributed by atoms with Crippen LogP contribution in [0.15, 0.2) is 30.4 Å². The van der Waals surface area contributed by atoms with Crippen molar-refractivity contribution in [3.8, 4) is 0 Å². The number of hydrogen-bond acceptors (Lipinski definition) is 2. The standard InChI is InChI=1S/C15H11Cl2NO2/c16-9-3-4-10(17)11(6-9)18-14(19)12-7-1-2-8(5-7)13(12)15(18)20/h1-4,6-8,12-13H,5H2/t7-,8-,12-,13-/m0/s1. The molecule has 2 aliphatic carbocycles. The molecule has 0 radical (unpaired) electrons. The molecule has 1 aromatic rings. The SMILES string of the molecule is O=C1[C@@H]2[C@@H](C(=O)N1c1cc(Cl)ccc1Cl)[C@H]1C=C[C@H]2C1. The van der Waals surface area contributed by atoms with Crippen molar-refractivity contribution in [2.75, 3.05) is 4.90 Å². The van der Waals surface area contributed by atoms with Crippen molar-refractivity contribution in [2.24, 2.45) is 23.7 Å². The van der Waals surface area contributed by atoms with Gasteiger partial charge in [0.1, 0.15) is 0 Å². The van der Waals surface area contributed by atoms with Crippen molar-refractivity contribution >= 4 is 40.7 Å². The van der Waals surface area contributed by atoms with Gasteiger partial charge in [0.25, 0.3) is 0 Å². The summed E-state index contributed by atoms with van der Waals surface area (Å²) in [6.07, 6.45) is 5.06. The molecule has 1 aliphatic heterocycles. The van der Waals surface area contributed by atoms with Crippen molar-refractivity contribution in [3.63, 3.8) is 0 Å². The second-order valence-corrected chi connectivity index (χ2v) is 6.45. The number of benzene rings is 1. The Morgan fingerprint density at radius 1 is 1.00 bits per heavy atom. The summed E-state index contributed by atoms with van der Waals surface area (Å²) >= 11 is 12.1. The summed E-state index contributed by atoms with van der Waals surface area (Å²) in [6.45, 7) is 0. The van der Waals surface area contributed by atoms with Crippen molar-refractivity contribution in [1.29, 1.82) is 0 Å². The molecule has 3 aliphatic rings. The number of carbonyl (C=O) groups is 2. The molecule has 4 atom stereocenters. The van der Waals surface area contributed by atoms with Gasteiger partial charge in [-0.3, -0.25) is 9.59 Å². The fourth-order valence-corrected chi connectivity index (χ4v) is 4.17. The molecule has 20 heavy (non-hydrogen) atoms. The zero-order valence-electron chi connectivity index (χ0n) is 10.4. The molecule has 1 saturated heterocycles. The first-order chi connectivity index (χ1) is 9.58. The monoisotopic (exact) mass is 307 g/mol. The number of nitrogens with zero attached hydrogens (tertiary/aromatic N) is 1. The van der Waals surface area contributed by atoms with E-state index in [9.17, 15) is 9.59 Å². The fraction of sp³-hybridized carbons (Fsp3) is 0.333. The predicted octanol–water partition coefficient (Wildman–Crippen LogP) is 3.30. The minimum atomic E-state index is -0.215. The highest BCUT2D eigenvalue weighted by Gasteiger charge is 2.59. The Labute approximate surface area is 126 Å². The number of hydrogen-bond donors (Lipinski definition) is 0. The van der Waals surface area contributed by atoms with Crippen molar-refractivity contribution in [1.82, 2.24) is 0 Å². The van der Waals surface area contributed by atoms with Crippen LogP contribution in [-0.4, -0.2) is 11.8 Å². The van der Waals surface area contributed by atoms with Gasteiger partial charge in [-0.2, -0.15) is 0 Å². The molecule has 2 amide bonds. The highest BCUT2D eigenvalue weighted by atomic mass is 35.5. The largest absolute Gasteiger partial charge is 0.274 e. The number of halogens is 2. The molecule has 102 valence electrons. The van der Waals surface area contributed by atoms with Gasteiger partial charge in [0.15, 0.2) is 0 Å². The van der Waals surface area contributed by atoms with Gasteiger partial charge < -0.3 is 0 Å². The maximum Gasteiger partial charge on any atom is 0.238 e. The van der Waals surface area contributed by atoms with E-state index in [1.165, 1.54) is 4.90 Å². The number of imide groups is 1. The average molecular weight is 308 g/mol. The predicted molar refractivity (Wildman–Crippen MR) is 76.7 cm³/mol. The van der Waals surface area contributed by atoms with E-state index in [0.717, 1.165) is 6.42 Å². The maximum absolute atomic E-state index is 12.6. The Bertz CT molecular complexity index is 640. The highest BCUT2D eigenvalue weighted by molar-refractivity contribution is 6.37. The Morgan fingerprint density at radius 3 is 2.20 bits per heavy atom. The second kappa shape index (κ2) is 4.09. The zero-order chi connectivity index (χ0) is 14.0. The topological polar surface area (TPSA) is 37.4 Å². The van der Waals surface area contributed by atoms with Crippen LogP contribution in [-0.2, 0) is 9.59 Å². The third-order valence-corrected chi connectivity index (χ3v) is 5.17. The van der Waals surface area contributed by atoms with E-state index in [0.29, 0.717) is 15.7 Å². The highest BCUT2D eigenvalue weighted by Crippen LogP contribution is 2.53. The second-order valence-electron chi connectivity index (χ2n) is 5.61. The molecule has 1 heterocycles. The molecular weight excluding hydrogens is 297 g/mol. The van der Waals surface area contributed by atoms with Crippen LogP contribution in [0.5, 0.6) is 0 Å². The summed E-state index contributed by atoms with van der Waals surface area (Å²) in [5, 5.41) is 0.833. The minimum absolute atomic E-state index is 0.138. The summed E-state index contributed by atoms with van der Waals surface area (Å²) in [6, 6.07) is 4.83. The minimum Gasteiger partial charge on any atom is -0.274 e. The fourth-order valence-electron chi connectivity index (χ4n) is 3.80. The van der Waals surface area contributed by atoms with Gasteiger partial charge >= 0.3 is 0 Å². The maximum atomic E-state index is 12.6. The van der Waals surface area contributed by atoms with Gasteiger partial charge in [-0.15, -0.1) is 0 Å². The van der Waals surface area contributed by atoms with E-state index in [4.69, 9.17) is 23.2 Å². The molecule has 0 N–H and O–H groups in total. The summed E-state index contributed by atoms with van der Waals surface area (Å²) in [5.41, 5.74) is 0.406. The van der Waals surface area contributed by atoms with Gasteiger partial charge in [-0.1, -0.05) is 35.4 Å². The number of allylic oxidation sites excluding steroid dienone is 2. The first kappa shape index (κ1) is 12.4. The number of rotatable bonds is 1. The summed E-state index contributed by atoms with van der Waals surface area (Å²) in [5.74, 6) is -0.309. The molecule has 1 aromatic carbocycles. The first-order valence-corrected chi connectivity index (χ1v) is 7.34. The van der Waals surface area contributed by atoms with Crippen LogP contribution in [0.25, 0.3) is 0 Å². The molecule has 3 nitrogen and oxygen atoms in total. The van der Waals surface area contributed by atoms with Gasteiger partial charge in [0.2, 0.25) is 11.8 Å². The van der Waals surface area contributed by atoms with Gasteiger partial charge in [0, 0.05) is 5.02 Å². The lowest BCUT2D eigenvalue weighted by Crippen LogP contribution is -2.33. The Morgan fingerprint density at radius 2 is 1.60 bits per heavy atom. The van der Waals surface area contributed by atoms with Crippen LogP contribution in [0.1, 0.15) is 6.42 Å². The van der Waals surface area contributed by atoms with E-state index < -0.39 is 0 Å². The third-order valence-electron chi connectivity index (χ3n) is 4.62. The number of amides is 2. The summed E-state index contributed by atoms with van der Waals surface area (Å²) in [7, 11) is 0. The van der Waals surface area contributed by atoms with Crippen LogP contribution in [0.4, 0.5) is 5.69 Å². The quantitative estimate of drug-likeness (QED) is 0.589. The summed E-state index contributed by atoms with van der Waals surface area (Å²) < 4.78 is 0. The van der Waals surface area contributed by atoms with Crippen LogP contribution in [0.2, 0.25) is 10.0 Å². The van der Waals surface area contributed by atoms with E-state index in [-0.39, 0.29) is 35.5 Å². The average Bonchev–Trinajstić information content (AvgIpc) is 3.08. The number of fused-ring (bicyclic) bond motifs is 5. The van der Waals surface area contributed by atoms with Gasteiger partial charge in [-0.25, -0.2) is 4.90 Å². The Balaban J connectivity index is 1.80. The van der Waals surface area contributed by atoms with E-state index >= 15 is 0 Å². The molecule has 1 saturated carbocycles. The number of carbonyl (C=O) groups excluding carboxylic acids is 2. The van der Waals surface area contributed by atoms with Crippen LogP contribution in [0.3, 0.4) is 0 Å². The summed E-state index contributed by atoms with van der Waals surface area (Å²) in [4.78, 5) is 26.5. The lowest BCUT2D eigenvalue weighted by molar-refractivity contribution is -0.123. The molecule has 2 bridgehead atoms. The Kier molecular flexibility index (Phi) is 2.54. The number of anilines is 1. The van der Waals surface area contributed by atoms with Gasteiger partial charge in [-0.05, 0) is 36.5 Å². The van der Waals surface area contributed by atoms with Gasteiger partial charge in [0.05, 0.1) is 22.5 Å². The van der Waals surface area contributed by atoms with Crippen molar-refractivity contribution in [3.05, 3.63) is 40.4 Å². The van der Waals surface area contributed by atoms with E-state index in [1.807, 2.05) is 0 Å². The molecule has 0 unspecified atom stereocenters. The van der Waals surface area contributed by atoms with Crippen LogP contribution >= 0.6 is 23.2 Å². The lowest BCUT2D eigenvalue weighted by Gasteiger charge is -2.18. The van der Waals surface area contributed by atoms with Crippen molar-refractivity contribution < 1.29 is 9.59 Å². The van der Waals surface area contributed by atoms with E-state index in [2.05, 4.69) is 12.2 Å². The van der Waals surface area contributed by atoms with E-state index in [1.54, 1.807) is 18.2 Å². The molecule has 2 fully saturated rings. The molecule has 0 spiro atoms. The first-order valence-electron chi connectivity index (χ1n) is 6.59. The zero-order valence-corrected chi connectivity index (χ0v) is 11.9. The smallest absolute Gasteiger partial charge is 0.238 e. The molecular formula is C15H11Cl2NO2. The van der Waals surface area contributed by atoms with Crippen LogP contribution in [0, 0.1) is 23.7 Å².